The Kier molecular flexibility index (Phi) is 9.31. The number of nitrogens with zero attached hydrogens (tertiary/aromatic N) is 3. The van der Waals surface area contributed by atoms with Gasteiger partial charge in [0.1, 0.15) is 11.6 Å². The molecule has 2 N–H and O–H groups in total. The molecule has 2 heterocycles. The smallest absolute Gasteiger partial charge is 0.229 e. The van der Waals surface area contributed by atoms with Gasteiger partial charge in [-0.3, -0.25) is 9.62 Å². The first-order valence-electron chi connectivity index (χ1n) is 13.6. The van der Waals surface area contributed by atoms with Crippen LogP contribution in [0.1, 0.15) is 18.4 Å². The maximum absolute atomic E-state index is 13.4. The molecular formula is C31H32FN5O3S2. The lowest BCUT2D eigenvalue weighted by molar-refractivity contribution is 0.206. The summed E-state index contributed by atoms with van der Waals surface area (Å²) in [7, 11) is -3.33. The molecule has 0 unspecified atom stereocenters. The van der Waals surface area contributed by atoms with Gasteiger partial charge < -0.3 is 15.0 Å². The molecule has 0 radical (unpaired) electrons. The average Bonchev–Trinajstić information content (AvgIpc) is 2.97. The summed E-state index contributed by atoms with van der Waals surface area (Å²) in [4.78, 5) is 9.03. The predicted octanol–water partition coefficient (Wildman–Crippen LogP) is 6.25. The van der Waals surface area contributed by atoms with Gasteiger partial charge in [0.25, 0.3) is 0 Å². The second kappa shape index (κ2) is 13.3. The van der Waals surface area contributed by atoms with Crippen molar-refractivity contribution in [3.05, 3.63) is 109 Å². The lowest BCUT2D eigenvalue weighted by Gasteiger charge is -2.40. The first-order chi connectivity index (χ1) is 20.2. The van der Waals surface area contributed by atoms with Crippen LogP contribution in [0.4, 0.5) is 21.5 Å². The molecule has 1 aliphatic rings. The maximum Gasteiger partial charge on any atom is 0.229 e. The fourth-order valence-electron chi connectivity index (χ4n) is 4.88. The minimum atomic E-state index is -3.33. The molecule has 8 nitrogen and oxygen atoms in total. The zero-order valence-corrected chi connectivity index (χ0v) is 24.7. The summed E-state index contributed by atoms with van der Waals surface area (Å²) >= 11 is 5.83. The molecule has 1 aromatic heterocycles. The Bertz CT molecular complexity index is 1580. The normalized spacial score (nSPS) is 14.2. The maximum atomic E-state index is 13.4. The number of thiocarbonyl (C=S) groups is 1. The Morgan fingerprint density at radius 3 is 2.26 bits per heavy atom. The SMILES string of the molecule is CS(=O)(=O)Nc1ccc(Oc2ccc(CN3CCC(N(C(=S)Nc4ccc(F)cc4)c4ccccc4)CC3)cn2)cc1. The Labute approximate surface area is 251 Å². The number of piperidine rings is 1. The van der Waals surface area contributed by atoms with Crippen molar-refractivity contribution in [1.82, 2.24) is 9.88 Å². The molecular weight excluding hydrogens is 574 g/mol. The second-order valence-corrected chi connectivity index (χ2v) is 12.3. The topological polar surface area (TPSA) is 86.8 Å². The summed E-state index contributed by atoms with van der Waals surface area (Å²) in [6, 6.07) is 27.0. The lowest BCUT2D eigenvalue weighted by Crippen LogP contribution is -2.48. The van der Waals surface area contributed by atoms with E-state index in [0.717, 1.165) is 55.7 Å². The number of anilines is 3. The van der Waals surface area contributed by atoms with Gasteiger partial charge in [-0.05, 0) is 91.3 Å². The molecule has 0 spiro atoms. The van der Waals surface area contributed by atoms with E-state index in [0.29, 0.717) is 22.4 Å². The number of benzene rings is 3. The van der Waals surface area contributed by atoms with E-state index < -0.39 is 10.0 Å². The summed E-state index contributed by atoms with van der Waals surface area (Å²) < 4.78 is 44.4. The van der Waals surface area contributed by atoms with Crippen LogP contribution in [-0.4, -0.2) is 48.8 Å². The second-order valence-electron chi connectivity index (χ2n) is 10.2. The van der Waals surface area contributed by atoms with Crippen molar-refractivity contribution >= 4 is 44.4 Å². The number of sulfonamides is 1. The van der Waals surface area contributed by atoms with Gasteiger partial charge in [0, 0.05) is 55.0 Å². The standard InChI is InChI=1S/C31H32FN5O3S2/c1-42(38,39)35-26-12-14-29(15-13-26)40-30-16-7-23(21-33-30)22-36-19-17-28(18-20-36)37(27-5-3-2-4-6-27)31(41)34-25-10-8-24(32)9-11-25/h2-16,21,28,35H,17-20,22H2,1H3,(H,34,41). The molecule has 0 saturated carbocycles. The summed E-state index contributed by atoms with van der Waals surface area (Å²) in [5.74, 6) is 0.736. The number of nitrogens with one attached hydrogen (secondary N) is 2. The highest BCUT2D eigenvalue weighted by Gasteiger charge is 2.27. The first-order valence-corrected chi connectivity index (χ1v) is 15.9. The Morgan fingerprint density at radius 2 is 1.64 bits per heavy atom. The van der Waals surface area contributed by atoms with E-state index in [2.05, 4.69) is 37.0 Å². The predicted molar refractivity (Wildman–Crippen MR) is 169 cm³/mol. The van der Waals surface area contributed by atoms with Crippen LogP contribution in [0, 0.1) is 5.82 Å². The Balaban J connectivity index is 1.16. The van der Waals surface area contributed by atoms with E-state index in [1.54, 1.807) is 36.4 Å². The van der Waals surface area contributed by atoms with Crippen LogP contribution in [0.15, 0.2) is 97.2 Å². The fourth-order valence-corrected chi connectivity index (χ4v) is 5.82. The molecule has 3 aromatic carbocycles. The van der Waals surface area contributed by atoms with Crippen molar-refractivity contribution in [3.63, 3.8) is 0 Å². The summed E-state index contributed by atoms with van der Waals surface area (Å²) in [6.45, 7) is 2.58. The van der Waals surface area contributed by atoms with Crippen molar-refractivity contribution in [1.29, 1.82) is 0 Å². The number of hydrogen-bond donors (Lipinski definition) is 2. The summed E-state index contributed by atoms with van der Waals surface area (Å²) in [5, 5.41) is 3.87. The minimum Gasteiger partial charge on any atom is -0.439 e. The van der Waals surface area contributed by atoms with Crippen LogP contribution in [0.2, 0.25) is 0 Å². The third-order valence-corrected chi connectivity index (χ3v) is 7.76. The number of likely N-dealkylation sites (tertiary alicyclic amines) is 1. The lowest BCUT2D eigenvalue weighted by atomic mass is 10.0. The summed E-state index contributed by atoms with van der Waals surface area (Å²) in [6.07, 6.45) is 4.78. The van der Waals surface area contributed by atoms with Crippen LogP contribution < -0.4 is 19.7 Å². The van der Waals surface area contributed by atoms with Crippen molar-refractivity contribution in [2.45, 2.75) is 25.4 Å². The van der Waals surface area contributed by atoms with E-state index in [-0.39, 0.29) is 11.9 Å². The highest BCUT2D eigenvalue weighted by Crippen LogP contribution is 2.27. The van der Waals surface area contributed by atoms with Crippen molar-refractivity contribution in [3.8, 4) is 11.6 Å². The van der Waals surface area contributed by atoms with E-state index in [9.17, 15) is 12.8 Å². The molecule has 1 aliphatic heterocycles. The summed E-state index contributed by atoms with van der Waals surface area (Å²) in [5.41, 5.74) is 3.33. The Hall–Kier alpha value is -4.06. The highest BCUT2D eigenvalue weighted by molar-refractivity contribution is 7.92. The molecule has 218 valence electrons. The minimum absolute atomic E-state index is 0.219. The number of hydrogen-bond acceptors (Lipinski definition) is 6. The van der Waals surface area contributed by atoms with Gasteiger partial charge in [0.2, 0.25) is 15.9 Å². The van der Waals surface area contributed by atoms with Gasteiger partial charge in [0.15, 0.2) is 5.11 Å². The molecule has 0 amide bonds. The zero-order valence-electron chi connectivity index (χ0n) is 23.1. The third-order valence-electron chi connectivity index (χ3n) is 6.85. The monoisotopic (exact) mass is 605 g/mol. The highest BCUT2D eigenvalue weighted by atomic mass is 32.2. The van der Waals surface area contributed by atoms with Gasteiger partial charge >= 0.3 is 0 Å². The van der Waals surface area contributed by atoms with Crippen molar-refractivity contribution in [2.75, 3.05) is 34.3 Å². The first kappa shape index (κ1) is 29.4. The van der Waals surface area contributed by atoms with Crippen LogP contribution >= 0.6 is 12.2 Å². The zero-order chi connectivity index (χ0) is 29.5. The van der Waals surface area contributed by atoms with E-state index in [4.69, 9.17) is 17.0 Å². The number of halogens is 1. The molecule has 11 heteroatoms. The molecule has 0 aliphatic carbocycles. The van der Waals surface area contributed by atoms with E-state index >= 15 is 0 Å². The average molecular weight is 606 g/mol. The number of aromatic nitrogens is 1. The van der Waals surface area contributed by atoms with Crippen LogP contribution in [0.3, 0.4) is 0 Å². The van der Waals surface area contributed by atoms with Crippen LogP contribution in [-0.2, 0) is 16.6 Å². The van der Waals surface area contributed by atoms with Crippen molar-refractivity contribution < 1.29 is 17.5 Å². The molecule has 5 rings (SSSR count). The molecule has 4 aromatic rings. The quantitative estimate of drug-likeness (QED) is 0.217. The third kappa shape index (κ3) is 8.25. The van der Waals surface area contributed by atoms with Gasteiger partial charge in [-0.2, -0.15) is 0 Å². The fraction of sp³-hybridized carbons (Fsp3) is 0.226. The van der Waals surface area contributed by atoms with Gasteiger partial charge in [0.05, 0.1) is 6.26 Å². The van der Waals surface area contributed by atoms with Gasteiger partial charge in [-0.15, -0.1) is 0 Å². The van der Waals surface area contributed by atoms with E-state index in [1.165, 1.54) is 12.1 Å². The largest absolute Gasteiger partial charge is 0.439 e. The number of rotatable bonds is 9. The molecule has 1 saturated heterocycles. The van der Waals surface area contributed by atoms with E-state index in [1.807, 2.05) is 36.5 Å². The van der Waals surface area contributed by atoms with Crippen molar-refractivity contribution in [2.24, 2.45) is 0 Å². The van der Waals surface area contributed by atoms with Crippen LogP contribution in [0.5, 0.6) is 11.6 Å². The number of pyridine rings is 1. The molecule has 42 heavy (non-hydrogen) atoms. The van der Waals surface area contributed by atoms with Gasteiger partial charge in [-0.25, -0.2) is 17.8 Å². The van der Waals surface area contributed by atoms with Gasteiger partial charge in [-0.1, -0.05) is 24.3 Å². The van der Waals surface area contributed by atoms with Crippen LogP contribution in [0.25, 0.3) is 0 Å². The number of para-hydroxylation sites is 1. The molecule has 0 atom stereocenters. The molecule has 0 bridgehead atoms. The number of ether oxygens (including phenoxy) is 1. The molecule has 1 fully saturated rings. The Morgan fingerprint density at radius 1 is 0.976 bits per heavy atom.